The first kappa shape index (κ1) is 25.1. The van der Waals surface area contributed by atoms with Gasteiger partial charge in [-0.2, -0.15) is 8.42 Å². The summed E-state index contributed by atoms with van der Waals surface area (Å²) >= 11 is 3.48. The molecule has 4 N–H and O–H groups in total. The second-order valence-corrected chi connectivity index (χ2v) is 8.85. The summed E-state index contributed by atoms with van der Waals surface area (Å²) in [6, 6.07) is 15.9. The summed E-state index contributed by atoms with van der Waals surface area (Å²) in [5, 5.41) is 3.07. The molecule has 1 unspecified atom stereocenters. The molecule has 0 fully saturated rings. The van der Waals surface area contributed by atoms with Gasteiger partial charge in [0.2, 0.25) is 5.91 Å². The fourth-order valence-corrected chi connectivity index (χ4v) is 2.68. The number of halogens is 1. The third-order valence-corrected chi connectivity index (χ3v) is 4.22. The van der Waals surface area contributed by atoms with Crippen molar-refractivity contribution >= 4 is 32.0 Å². The highest BCUT2D eigenvalue weighted by molar-refractivity contribution is 9.10. The van der Waals surface area contributed by atoms with Crippen LogP contribution in [0.4, 0.5) is 0 Å². The SMILES string of the molecule is CC(NCc1ccc(OCCCc2cccc(Br)c2)cc1)C(N)=O.CS(=O)(=O)O. The summed E-state index contributed by atoms with van der Waals surface area (Å²) in [4.78, 5) is 11.0. The van der Waals surface area contributed by atoms with Crippen molar-refractivity contribution in [2.45, 2.75) is 32.4 Å². The largest absolute Gasteiger partial charge is 0.494 e. The number of hydrogen-bond acceptors (Lipinski definition) is 5. The maximum Gasteiger partial charge on any atom is 0.261 e. The van der Waals surface area contributed by atoms with Crippen molar-refractivity contribution in [2.75, 3.05) is 12.9 Å². The van der Waals surface area contributed by atoms with Gasteiger partial charge >= 0.3 is 0 Å². The van der Waals surface area contributed by atoms with E-state index in [0.717, 1.165) is 28.6 Å². The van der Waals surface area contributed by atoms with E-state index in [1.54, 1.807) is 6.92 Å². The van der Waals surface area contributed by atoms with E-state index in [9.17, 15) is 13.2 Å². The van der Waals surface area contributed by atoms with E-state index < -0.39 is 10.1 Å². The van der Waals surface area contributed by atoms with Gasteiger partial charge in [0.1, 0.15) is 5.75 Å². The third kappa shape index (κ3) is 13.0. The van der Waals surface area contributed by atoms with Gasteiger partial charge in [0.15, 0.2) is 0 Å². The number of amides is 1. The minimum Gasteiger partial charge on any atom is -0.494 e. The Morgan fingerprint density at radius 3 is 2.38 bits per heavy atom. The molecule has 1 atom stereocenters. The van der Waals surface area contributed by atoms with Gasteiger partial charge in [0.25, 0.3) is 10.1 Å². The molecule has 0 radical (unpaired) electrons. The Balaban J connectivity index is 0.000000749. The van der Waals surface area contributed by atoms with E-state index in [0.29, 0.717) is 19.4 Å². The molecule has 0 saturated heterocycles. The summed E-state index contributed by atoms with van der Waals surface area (Å²) in [7, 11) is -3.67. The van der Waals surface area contributed by atoms with Crippen LogP contribution in [0.3, 0.4) is 0 Å². The van der Waals surface area contributed by atoms with Gasteiger partial charge < -0.3 is 15.8 Å². The zero-order valence-electron chi connectivity index (χ0n) is 16.5. The second-order valence-electron chi connectivity index (χ2n) is 6.46. The molecule has 29 heavy (non-hydrogen) atoms. The normalized spacial score (nSPS) is 11.9. The van der Waals surface area contributed by atoms with Gasteiger partial charge in [0.05, 0.1) is 18.9 Å². The second kappa shape index (κ2) is 12.6. The van der Waals surface area contributed by atoms with E-state index in [4.69, 9.17) is 15.0 Å². The van der Waals surface area contributed by atoms with Crippen molar-refractivity contribution in [2.24, 2.45) is 5.73 Å². The van der Waals surface area contributed by atoms with Crippen LogP contribution in [0.1, 0.15) is 24.5 Å². The fourth-order valence-electron chi connectivity index (χ4n) is 2.23. The number of nitrogens with one attached hydrogen (secondary N) is 1. The molecule has 0 bridgehead atoms. The van der Waals surface area contributed by atoms with E-state index in [1.807, 2.05) is 36.4 Å². The lowest BCUT2D eigenvalue weighted by molar-refractivity contribution is -0.119. The highest BCUT2D eigenvalue weighted by Gasteiger charge is 2.06. The summed E-state index contributed by atoms with van der Waals surface area (Å²) < 4.78 is 32.7. The number of carbonyl (C=O) groups is 1. The van der Waals surface area contributed by atoms with E-state index in [2.05, 4.69) is 33.4 Å². The molecule has 0 aliphatic carbocycles. The zero-order valence-corrected chi connectivity index (χ0v) is 18.9. The van der Waals surface area contributed by atoms with Crippen molar-refractivity contribution in [3.63, 3.8) is 0 Å². The average molecular weight is 487 g/mol. The van der Waals surface area contributed by atoms with Crippen LogP contribution in [-0.4, -0.2) is 37.8 Å². The Kier molecular flexibility index (Phi) is 10.9. The predicted octanol–water partition coefficient (Wildman–Crippen LogP) is 2.93. The highest BCUT2D eigenvalue weighted by Crippen LogP contribution is 2.15. The minimum absolute atomic E-state index is 0.334. The van der Waals surface area contributed by atoms with Crippen molar-refractivity contribution in [3.8, 4) is 5.75 Å². The van der Waals surface area contributed by atoms with E-state index in [1.165, 1.54) is 5.56 Å². The number of nitrogens with two attached hydrogens (primary N) is 1. The molecule has 2 rings (SSSR count). The molecular weight excluding hydrogens is 460 g/mol. The van der Waals surface area contributed by atoms with Crippen LogP contribution >= 0.6 is 15.9 Å². The van der Waals surface area contributed by atoms with Crippen LogP contribution in [0.15, 0.2) is 53.0 Å². The summed E-state index contributed by atoms with van der Waals surface area (Å²) in [5.41, 5.74) is 7.61. The number of primary amides is 1. The molecule has 2 aromatic carbocycles. The van der Waals surface area contributed by atoms with Crippen molar-refractivity contribution < 1.29 is 22.5 Å². The summed E-state index contributed by atoms with van der Waals surface area (Å²) in [6.07, 6.45) is 2.68. The van der Waals surface area contributed by atoms with Gasteiger partial charge in [-0.05, 0) is 55.2 Å². The Labute approximate surface area is 180 Å². The third-order valence-electron chi connectivity index (χ3n) is 3.73. The number of rotatable bonds is 9. The van der Waals surface area contributed by atoms with Crippen molar-refractivity contribution in [1.82, 2.24) is 5.32 Å². The number of ether oxygens (including phenoxy) is 1. The number of aryl methyl sites for hydroxylation is 1. The molecular formula is C20H27BrN2O5S. The Morgan fingerprint density at radius 2 is 1.83 bits per heavy atom. The maximum atomic E-state index is 11.0. The zero-order chi connectivity index (χ0) is 21.9. The van der Waals surface area contributed by atoms with Gasteiger partial charge in [-0.15, -0.1) is 0 Å². The first-order valence-electron chi connectivity index (χ1n) is 8.96. The van der Waals surface area contributed by atoms with Crippen LogP contribution in [0, 0.1) is 0 Å². The quantitative estimate of drug-likeness (QED) is 0.370. The van der Waals surface area contributed by atoms with Gasteiger partial charge in [-0.25, -0.2) is 0 Å². The maximum absolute atomic E-state index is 11.0. The molecule has 7 nitrogen and oxygen atoms in total. The lowest BCUT2D eigenvalue weighted by Crippen LogP contribution is -2.38. The molecule has 2 aromatic rings. The molecule has 0 aromatic heterocycles. The molecule has 0 saturated carbocycles. The molecule has 160 valence electrons. The lowest BCUT2D eigenvalue weighted by Gasteiger charge is -2.11. The summed E-state index contributed by atoms with van der Waals surface area (Å²) in [5.74, 6) is 0.511. The van der Waals surface area contributed by atoms with Crippen molar-refractivity contribution in [3.05, 3.63) is 64.1 Å². The lowest BCUT2D eigenvalue weighted by atomic mass is 10.1. The monoisotopic (exact) mass is 486 g/mol. The first-order chi connectivity index (χ1) is 13.5. The van der Waals surface area contributed by atoms with E-state index >= 15 is 0 Å². The van der Waals surface area contributed by atoms with Gasteiger partial charge in [-0.3, -0.25) is 9.35 Å². The Bertz CT molecular complexity index is 865. The van der Waals surface area contributed by atoms with Crippen LogP contribution in [0.25, 0.3) is 0 Å². The van der Waals surface area contributed by atoms with Crippen LogP contribution in [0.2, 0.25) is 0 Å². The van der Waals surface area contributed by atoms with Gasteiger partial charge in [-0.1, -0.05) is 40.2 Å². The van der Waals surface area contributed by atoms with Gasteiger partial charge in [0, 0.05) is 11.0 Å². The average Bonchev–Trinajstić information content (AvgIpc) is 2.63. The van der Waals surface area contributed by atoms with Crippen molar-refractivity contribution in [1.29, 1.82) is 0 Å². The minimum atomic E-state index is -3.67. The molecule has 0 spiro atoms. The first-order valence-corrected chi connectivity index (χ1v) is 11.6. The Morgan fingerprint density at radius 1 is 1.21 bits per heavy atom. The molecule has 0 heterocycles. The molecule has 0 aliphatic heterocycles. The fraction of sp³-hybridized carbons (Fsp3) is 0.350. The van der Waals surface area contributed by atoms with E-state index in [-0.39, 0.29) is 11.9 Å². The topological polar surface area (TPSA) is 119 Å². The number of benzene rings is 2. The standard InChI is InChI=1S/C19H23BrN2O2.CH4O3S/c1-14(19(21)23)22-13-16-7-9-18(10-8-16)24-11-3-5-15-4-2-6-17(20)12-15;1-5(2,3)4/h2,4,6-10,12,14,22H,3,5,11,13H2,1H3,(H2,21,23);1H3,(H,2,3,4). The Hall–Kier alpha value is -1.94. The summed E-state index contributed by atoms with van der Waals surface area (Å²) in [6.45, 7) is 3.04. The molecule has 1 amide bonds. The van der Waals surface area contributed by atoms with Crippen LogP contribution in [-0.2, 0) is 27.9 Å². The highest BCUT2D eigenvalue weighted by atomic mass is 79.9. The molecule has 0 aliphatic rings. The number of hydrogen-bond donors (Lipinski definition) is 3. The number of carbonyl (C=O) groups excluding carboxylic acids is 1. The smallest absolute Gasteiger partial charge is 0.261 e. The predicted molar refractivity (Wildman–Crippen MR) is 117 cm³/mol. The van der Waals surface area contributed by atoms with Crippen LogP contribution < -0.4 is 15.8 Å². The molecule has 9 heteroatoms. The van der Waals surface area contributed by atoms with Crippen LogP contribution in [0.5, 0.6) is 5.75 Å².